The van der Waals surface area contributed by atoms with Gasteiger partial charge in [0.2, 0.25) is 0 Å². The van der Waals surface area contributed by atoms with E-state index in [1.54, 1.807) is 39.0 Å². The van der Waals surface area contributed by atoms with E-state index < -0.39 is 18.1 Å². The molecule has 2 aromatic carbocycles. The standard InChI is InChI=1S/C19H21F3N2O3/c1-18(2,3)27-17(25)24-11-12-4-9-15(16(23)10-12)13-5-7-14(8-6-13)26-19(20,21)22/h4-10H,11,23H2,1-3H3,(H,24,25). The Morgan fingerprint density at radius 3 is 2.22 bits per heavy atom. The summed E-state index contributed by atoms with van der Waals surface area (Å²) in [6.07, 6.45) is -5.27. The van der Waals surface area contributed by atoms with Crippen molar-refractivity contribution in [3.63, 3.8) is 0 Å². The van der Waals surface area contributed by atoms with Gasteiger partial charge in [0, 0.05) is 17.8 Å². The van der Waals surface area contributed by atoms with Gasteiger partial charge in [0.05, 0.1) is 0 Å². The number of alkyl carbamates (subject to hydrolysis) is 1. The predicted octanol–water partition coefficient (Wildman–Crippen LogP) is 4.86. The fourth-order valence-corrected chi connectivity index (χ4v) is 2.31. The Morgan fingerprint density at radius 1 is 1.07 bits per heavy atom. The number of carbonyl (C=O) groups is 1. The van der Waals surface area contributed by atoms with Crippen LogP contribution >= 0.6 is 0 Å². The zero-order valence-electron chi connectivity index (χ0n) is 15.2. The fraction of sp³-hybridized carbons (Fsp3) is 0.316. The van der Waals surface area contributed by atoms with Crippen LogP contribution in [0.25, 0.3) is 11.1 Å². The molecule has 1 amide bonds. The number of nitrogen functional groups attached to an aromatic ring is 1. The van der Waals surface area contributed by atoms with Gasteiger partial charge in [-0.15, -0.1) is 13.2 Å². The number of anilines is 1. The van der Waals surface area contributed by atoms with Crippen molar-refractivity contribution in [2.75, 3.05) is 5.73 Å². The van der Waals surface area contributed by atoms with E-state index in [1.165, 1.54) is 24.3 Å². The summed E-state index contributed by atoms with van der Waals surface area (Å²) in [4.78, 5) is 11.7. The minimum atomic E-state index is -4.73. The molecule has 3 N–H and O–H groups in total. The lowest BCUT2D eigenvalue weighted by Crippen LogP contribution is -2.32. The molecule has 146 valence electrons. The van der Waals surface area contributed by atoms with Crippen molar-refractivity contribution in [3.05, 3.63) is 48.0 Å². The lowest BCUT2D eigenvalue weighted by atomic mass is 10.0. The third kappa shape index (κ3) is 6.73. The molecule has 27 heavy (non-hydrogen) atoms. The Labute approximate surface area is 155 Å². The zero-order chi connectivity index (χ0) is 20.2. The van der Waals surface area contributed by atoms with E-state index in [-0.39, 0.29) is 12.3 Å². The topological polar surface area (TPSA) is 73.6 Å². The number of amides is 1. The van der Waals surface area contributed by atoms with E-state index in [9.17, 15) is 18.0 Å². The van der Waals surface area contributed by atoms with Crippen LogP contribution in [-0.2, 0) is 11.3 Å². The van der Waals surface area contributed by atoms with Crippen LogP contribution < -0.4 is 15.8 Å². The van der Waals surface area contributed by atoms with Crippen LogP contribution in [0.3, 0.4) is 0 Å². The van der Waals surface area contributed by atoms with Gasteiger partial charge in [0.25, 0.3) is 0 Å². The van der Waals surface area contributed by atoms with Crippen molar-refractivity contribution in [3.8, 4) is 16.9 Å². The van der Waals surface area contributed by atoms with Crippen LogP contribution in [0, 0.1) is 0 Å². The summed E-state index contributed by atoms with van der Waals surface area (Å²) in [5.74, 6) is -0.303. The first kappa shape index (κ1) is 20.4. The number of nitrogens with one attached hydrogen (secondary N) is 1. The lowest BCUT2D eigenvalue weighted by Gasteiger charge is -2.19. The largest absolute Gasteiger partial charge is 0.573 e. The predicted molar refractivity (Wildman–Crippen MR) is 96.0 cm³/mol. The Morgan fingerprint density at radius 2 is 1.70 bits per heavy atom. The second kappa shape index (κ2) is 7.77. The molecule has 8 heteroatoms. The van der Waals surface area contributed by atoms with Gasteiger partial charge >= 0.3 is 12.5 Å². The van der Waals surface area contributed by atoms with Gasteiger partial charge in [-0.2, -0.15) is 0 Å². The molecule has 2 rings (SSSR count). The highest BCUT2D eigenvalue weighted by Crippen LogP contribution is 2.30. The number of alkyl halides is 3. The number of benzene rings is 2. The van der Waals surface area contributed by atoms with Crippen LogP contribution in [0.4, 0.5) is 23.7 Å². The third-order valence-electron chi connectivity index (χ3n) is 3.35. The first-order chi connectivity index (χ1) is 12.4. The maximum atomic E-state index is 12.2. The van der Waals surface area contributed by atoms with Crippen LogP contribution in [-0.4, -0.2) is 18.1 Å². The highest BCUT2D eigenvalue weighted by Gasteiger charge is 2.31. The molecule has 0 spiro atoms. The molecule has 0 aliphatic heterocycles. The van der Waals surface area contributed by atoms with Crippen molar-refractivity contribution in [1.29, 1.82) is 0 Å². The van der Waals surface area contributed by atoms with E-state index in [0.717, 1.165) is 5.56 Å². The van der Waals surface area contributed by atoms with Gasteiger partial charge in [0.1, 0.15) is 11.4 Å². The van der Waals surface area contributed by atoms with E-state index in [0.29, 0.717) is 16.8 Å². The van der Waals surface area contributed by atoms with E-state index in [2.05, 4.69) is 10.1 Å². The summed E-state index contributed by atoms with van der Waals surface area (Å²) in [5, 5.41) is 2.63. The highest BCUT2D eigenvalue weighted by atomic mass is 19.4. The minimum Gasteiger partial charge on any atom is -0.444 e. The molecule has 0 radical (unpaired) electrons. The number of nitrogens with two attached hydrogens (primary N) is 1. The number of hydrogen-bond acceptors (Lipinski definition) is 4. The zero-order valence-corrected chi connectivity index (χ0v) is 15.2. The molecule has 0 atom stereocenters. The summed E-state index contributed by atoms with van der Waals surface area (Å²) >= 11 is 0. The van der Waals surface area contributed by atoms with E-state index in [4.69, 9.17) is 10.5 Å². The van der Waals surface area contributed by atoms with Crippen LogP contribution in [0.5, 0.6) is 5.75 Å². The molecule has 2 aromatic rings. The van der Waals surface area contributed by atoms with Gasteiger partial charge < -0.3 is 20.5 Å². The first-order valence-electron chi connectivity index (χ1n) is 8.14. The number of carbonyl (C=O) groups excluding carboxylic acids is 1. The molecule has 0 saturated carbocycles. The Balaban J connectivity index is 2.05. The smallest absolute Gasteiger partial charge is 0.444 e. The van der Waals surface area contributed by atoms with Crippen molar-refractivity contribution in [2.24, 2.45) is 0 Å². The SMILES string of the molecule is CC(C)(C)OC(=O)NCc1ccc(-c2ccc(OC(F)(F)F)cc2)c(N)c1. The summed E-state index contributed by atoms with van der Waals surface area (Å²) in [6.45, 7) is 5.54. The molecule has 0 aliphatic carbocycles. The Kier molecular flexibility index (Phi) is 5.88. The van der Waals surface area contributed by atoms with Gasteiger partial charge in [-0.05, 0) is 50.1 Å². The first-order valence-corrected chi connectivity index (χ1v) is 8.14. The average Bonchev–Trinajstić information content (AvgIpc) is 2.51. The Bertz CT molecular complexity index is 797. The fourth-order valence-electron chi connectivity index (χ4n) is 2.31. The molecular formula is C19H21F3N2O3. The molecule has 0 heterocycles. The number of hydrogen-bond donors (Lipinski definition) is 2. The molecule has 0 fully saturated rings. The second-order valence-corrected chi connectivity index (χ2v) is 6.85. The summed E-state index contributed by atoms with van der Waals surface area (Å²) < 4.78 is 45.6. The third-order valence-corrected chi connectivity index (χ3v) is 3.35. The van der Waals surface area contributed by atoms with Crippen molar-refractivity contribution >= 4 is 11.8 Å². The van der Waals surface area contributed by atoms with Gasteiger partial charge in [-0.1, -0.05) is 24.3 Å². The van der Waals surface area contributed by atoms with Gasteiger partial charge in [0.15, 0.2) is 0 Å². The molecule has 0 aromatic heterocycles. The maximum Gasteiger partial charge on any atom is 0.573 e. The Hall–Kier alpha value is -2.90. The van der Waals surface area contributed by atoms with Crippen LogP contribution in [0.15, 0.2) is 42.5 Å². The van der Waals surface area contributed by atoms with E-state index >= 15 is 0 Å². The minimum absolute atomic E-state index is 0.234. The molecule has 0 bridgehead atoms. The molecule has 0 saturated heterocycles. The normalized spacial score (nSPS) is 11.8. The lowest BCUT2D eigenvalue weighted by molar-refractivity contribution is -0.274. The molecule has 0 aliphatic rings. The number of rotatable bonds is 4. The number of ether oxygens (including phenoxy) is 2. The van der Waals surface area contributed by atoms with Gasteiger partial charge in [-0.25, -0.2) is 4.79 Å². The van der Waals surface area contributed by atoms with E-state index in [1.807, 2.05) is 0 Å². The average molecular weight is 382 g/mol. The summed E-state index contributed by atoms with van der Waals surface area (Å²) in [7, 11) is 0. The van der Waals surface area contributed by atoms with Crippen molar-refractivity contribution < 1.29 is 27.4 Å². The van der Waals surface area contributed by atoms with Crippen molar-refractivity contribution in [1.82, 2.24) is 5.32 Å². The monoisotopic (exact) mass is 382 g/mol. The summed E-state index contributed by atoms with van der Waals surface area (Å²) in [6, 6.07) is 10.6. The second-order valence-electron chi connectivity index (χ2n) is 6.85. The summed E-state index contributed by atoms with van der Waals surface area (Å²) in [5.41, 5.74) is 7.96. The maximum absolute atomic E-state index is 12.2. The molecule has 0 unspecified atom stereocenters. The van der Waals surface area contributed by atoms with Crippen molar-refractivity contribution in [2.45, 2.75) is 39.3 Å². The number of halogens is 3. The highest BCUT2D eigenvalue weighted by molar-refractivity contribution is 5.77. The quantitative estimate of drug-likeness (QED) is 0.741. The molecule has 5 nitrogen and oxygen atoms in total. The molecular weight excluding hydrogens is 361 g/mol. The van der Waals surface area contributed by atoms with Crippen LogP contribution in [0.1, 0.15) is 26.3 Å². The van der Waals surface area contributed by atoms with Gasteiger partial charge in [-0.3, -0.25) is 0 Å². The van der Waals surface area contributed by atoms with Crippen LogP contribution in [0.2, 0.25) is 0 Å².